The molecule has 148 valence electrons. The van der Waals surface area contributed by atoms with Crippen molar-refractivity contribution < 1.29 is 19.2 Å². The zero-order valence-electron chi connectivity index (χ0n) is 16.3. The lowest BCUT2D eigenvalue weighted by molar-refractivity contribution is -0.384. The number of rotatable bonds is 7. The third kappa shape index (κ3) is 5.06. The number of anilines is 1. The van der Waals surface area contributed by atoms with E-state index in [0.29, 0.717) is 6.54 Å². The molecule has 1 N–H and O–H groups in total. The van der Waals surface area contributed by atoms with Crippen LogP contribution >= 0.6 is 0 Å². The molecular formula is C20H23N3O5. The lowest BCUT2D eigenvalue weighted by atomic mass is 10.1. The number of ether oxygens (including phenoxy) is 1. The summed E-state index contributed by atoms with van der Waals surface area (Å²) in [5.74, 6) is -1.16. The van der Waals surface area contributed by atoms with E-state index in [1.807, 2.05) is 32.0 Å². The largest absolute Gasteiger partial charge is 0.452 e. The maximum Gasteiger partial charge on any atom is 0.338 e. The number of likely N-dealkylation sites (N-methyl/N-ethyl adjacent to an activating group) is 1. The Morgan fingerprint density at radius 2 is 1.89 bits per heavy atom. The lowest BCUT2D eigenvalue weighted by Crippen LogP contribution is -2.31. The second kappa shape index (κ2) is 8.98. The van der Waals surface area contributed by atoms with Crippen LogP contribution in [-0.4, -0.2) is 42.4 Å². The van der Waals surface area contributed by atoms with Crippen molar-refractivity contribution in [1.82, 2.24) is 4.90 Å². The highest BCUT2D eigenvalue weighted by Crippen LogP contribution is 2.25. The predicted molar refractivity (Wildman–Crippen MR) is 105 cm³/mol. The highest BCUT2D eigenvalue weighted by molar-refractivity contribution is 5.93. The molecule has 2 aromatic rings. The quantitative estimate of drug-likeness (QED) is 0.446. The van der Waals surface area contributed by atoms with Crippen LogP contribution in [0.25, 0.3) is 0 Å². The number of nitrogens with zero attached hydrogens (tertiary/aromatic N) is 2. The van der Waals surface area contributed by atoms with Crippen molar-refractivity contribution in [3.05, 3.63) is 68.8 Å². The van der Waals surface area contributed by atoms with E-state index < -0.39 is 17.5 Å². The molecule has 2 rings (SSSR count). The monoisotopic (exact) mass is 385 g/mol. The van der Waals surface area contributed by atoms with E-state index in [0.717, 1.165) is 22.8 Å². The van der Waals surface area contributed by atoms with Gasteiger partial charge in [0, 0.05) is 26.7 Å². The molecular weight excluding hydrogens is 362 g/mol. The molecule has 0 aliphatic rings. The van der Waals surface area contributed by atoms with Gasteiger partial charge in [-0.1, -0.05) is 23.8 Å². The van der Waals surface area contributed by atoms with Crippen LogP contribution in [0.4, 0.5) is 11.4 Å². The number of nitro benzene ring substituents is 1. The maximum atomic E-state index is 12.3. The van der Waals surface area contributed by atoms with Gasteiger partial charge in [0.05, 0.1) is 10.5 Å². The molecule has 2 aromatic carbocycles. The topological polar surface area (TPSA) is 102 Å². The number of carbonyl (C=O) groups excluding carboxylic acids is 2. The fourth-order valence-electron chi connectivity index (χ4n) is 2.71. The van der Waals surface area contributed by atoms with Crippen molar-refractivity contribution >= 4 is 23.3 Å². The average molecular weight is 385 g/mol. The van der Waals surface area contributed by atoms with Crippen LogP contribution in [0, 0.1) is 24.0 Å². The lowest BCUT2D eigenvalue weighted by Gasteiger charge is -2.18. The van der Waals surface area contributed by atoms with Crippen LogP contribution in [-0.2, 0) is 16.1 Å². The zero-order chi connectivity index (χ0) is 20.8. The summed E-state index contributed by atoms with van der Waals surface area (Å²) in [5.41, 5.74) is 3.28. The van der Waals surface area contributed by atoms with Gasteiger partial charge in [0.1, 0.15) is 5.69 Å². The van der Waals surface area contributed by atoms with E-state index in [-0.39, 0.29) is 22.8 Å². The molecule has 0 fully saturated rings. The molecule has 8 heteroatoms. The van der Waals surface area contributed by atoms with E-state index in [9.17, 15) is 19.7 Å². The molecule has 0 bridgehead atoms. The normalized spacial score (nSPS) is 10.3. The van der Waals surface area contributed by atoms with Gasteiger partial charge in [-0.2, -0.15) is 0 Å². The van der Waals surface area contributed by atoms with Gasteiger partial charge in [-0.3, -0.25) is 14.9 Å². The summed E-state index contributed by atoms with van der Waals surface area (Å²) in [6.07, 6.45) is 0. The first-order valence-corrected chi connectivity index (χ1v) is 8.66. The molecule has 1 amide bonds. The summed E-state index contributed by atoms with van der Waals surface area (Å²) in [6.45, 7) is 3.92. The van der Waals surface area contributed by atoms with Crippen LogP contribution in [0.3, 0.4) is 0 Å². The van der Waals surface area contributed by atoms with Crippen molar-refractivity contribution in [2.24, 2.45) is 0 Å². The van der Waals surface area contributed by atoms with Crippen LogP contribution in [0.15, 0.2) is 36.4 Å². The molecule has 8 nitrogen and oxygen atoms in total. The van der Waals surface area contributed by atoms with Crippen LogP contribution in [0.2, 0.25) is 0 Å². The number of carbonyl (C=O) groups is 2. The van der Waals surface area contributed by atoms with Gasteiger partial charge in [-0.05, 0) is 37.1 Å². The summed E-state index contributed by atoms with van der Waals surface area (Å²) < 4.78 is 5.03. The Morgan fingerprint density at radius 3 is 2.50 bits per heavy atom. The Kier molecular flexibility index (Phi) is 6.70. The average Bonchev–Trinajstić information content (AvgIpc) is 2.67. The third-order valence-electron chi connectivity index (χ3n) is 4.36. The number of hydrogen-bond donors (Lipinski definition) is 1. The molecule has 0 unspecified atom stereocenters. The predicted octanol–water partition coefficient (Wildman–Crippen LogP) is 3.07. The first kappa shape index (κ1) is 20.9. The number of nitrogens with one attached hydrogen (secondary N) is 1. The second-order valence-corrected chi connectivity index (χ2v) is 6.49. The van der Waals surface area contributed by atoms with Gasteiger partial charge in [-0.15, -0.1) is 0 Å². The fourth-order valence-corrected chi connectivity index (χ4v) is 2.71. The minimum Gasteiger partial charge on any atom is -0.452 e. The van der Waals surface area contributed by atoms with Crippen molar-refractivity contribution in [2.75, 3.05) is 26.0 Å². The number of hydrogen-bond acceptors (Lipinski definition) is 6. The minimum absolute atomic E-state index is 0.00975. The number of benzene rings is 2. The molecule has 0 aromatic heterocycles. The third-order valence-corrected chi connectivity index (χ3v) is 4.36. The summed E-state index contributed by atoms with van der Waals surface area (Å²) in [5, 5.41) is 13.8. The van der Waals surface area contributed by atoms with Gasteiger partial charge in [0.2, 0.25) is 0 Å². The molecule has 0 aliphatic heterocycles. The van der Waals surface area contributed by atoms with Crippen molar-refractivity contribution in [3.63, 3.8) is 0 Å². The fraction of sp³-hybridized carbons (Fsp3) is 0.300. The molecule has 0 atom stereocenters. The molecule has 28 heavy (non-hydrogen) atoms. The molecule has 0 saturated carbocycles. The van der Waals surface area contributed by atoms with Crippen molar-refractivity contribution in [3.8, 4) is 0 Å². The summed E-state index contributed by atoms with van der Waals surface area (Å²) in [4.78, 5) is 36.4. The maximum absolute atomic E-state index is 12.3. The summed E-state index contributed by atoms with van der Waals surface area (Å²) in [6, 6.07) is 9.92. The Labute approximate surface area is 163 Å². The highest BCUT2D eigenvalue weighted by atomic mass is 16.6. The van der Waals surface area contributed by atoms with Crippen LogP contribution in [0.5, 0.6) is 0 Å². The molecule has 0 aliphatic carbocycles. The van der Waals surface area contributed by atoms with E-state index in [1.165, 1.54) is 17.0 Å². The number of aryl methyl sites for hydroxylation is 2. The van der Waals surface area contributed by atoms with Gasteiger partial charge in [0.15, 0.2) is 6.61 Å². The standard InChI is InChI=1S/C20H23N3O5/c1-13-5-6-16(14(2)9-13)11-22(4)19(24)12-28-20(25)15-7-8-17(21-3)18(10-15)23(26)27/h5-10,21H,11-12H2,1-4H3. The van der Waals surface area contributed by atoms with Crippen molar-refractivity contribution in [2.45, 2.75) is 20.4 Å². The highest BCUT2D eigenvalue weighted by Gasteiger charge is 2.19. The van der Waals surface area contributed by atoms with Gasteiger partial charge in [-0.25, -0.2) is 4.79 Å². The van der Waals surface area contributed by atoms with Gasteiger partial charge in [0.25, 0.3) is 11.6 Å². The van der Waals surface area contributed by atoms with Crippen LogP contribution in [0.1, 0.15) is 27.0 Å². The Balaban J connectivity index is 1.99. The molecule has 0 heterocycles. The zero-order valence-corrected chi connectivity index (χ0v) is 16.3. The van der Waals surface area contributed by atoms with Gasteiger partial charge < -0.3 is 15.0 Å². The smallest absolute Gasteiger partial charge is 0.338 e. The van der Waals surface area contributed by atoms with Gasteiger partial charge >= 0.3 is 5.97 Å². The van der Waals surface area contributed by atoms with E-state index in [4.69, 9.17) is 4.74 Å². The van der Waals surface area contributed by atoms with Crippen molar-refractivity contribution in [1.29, 1.82) is 0 Å². The summed E-state index contributed by atoms with van der Waals surface area (Å²) >= 11 is 0. The Morgan fingerprint density at radius 1 is 1.18 bits per heavy atom. The first-order chi connectivity index (χ1) is 13.2. The first-order valence-electron chi connectivity index (χ1n) is 8.66. The van der Waals surface area contributed by atoms with E-state index in [1.54, 1.807) is 14.1 Å². The molecule has 0 spiro atoms. The Hall–Kier alpha value is -3.42. The molecule has 0 saturated heterocycles. The number of esters is 1. The number of nitro groups is 1. The second-order valence-electron chi connectivity index (χ2n) is 6.49. The van der Waals surface area contributed by atoms with E-state index >= 15 is 0 Å². The minimum atomic E-state index is -0.793. The number of amides is 1. The SMILES string of the molecule is CNc1ccc(C(=O)OCC(=O)N(C)Cc2ccc(C)cc2C)cc1[N+](=O)[O-]. The Bertz CT molecular complexity index is 911. The van der Waals surface area contributed by atoms with E-state index in [2.05, 4.69) is 5.32 Å². The summed E-state index contributed by atoms with van der Waals surface area (Å²) in [7, 11) is 3.17. The van der Waals surface area contributed by atoms with Crippen LogP contribution < -0.4 is 5.32 Å². The molecule has 0 radical (unpaired) electrons.